The molecule has 3 aromatic carbocycles. The summed E-state index contributed by atoms with van der Waals surface area (Å²) in [6.45, 7) is 2.26. The first-order valence-corrected chi connectivity index (χ1v) is 11.8. The Hall–Kier alpha value is -4.05. The Kier molecular flexibility index (Phi) is 6.16. The Bertz CT molecular complexity index is 1520. The van der Waals surface area contributed by atoms with Gasteiger partial charge in [0.25, 0.3) is 15.9 Å². The Balaban J connectivity index is 1.89. The summed E-state index contributed by atoms with van der Waals surface area (Å²) in [6.07, 6.45) is 0. The number of sulfonamides is 1. The summed E-state index contributed by atoms with van der Waals surface area (Å²) in [4.78, 5) is 25.3. The fourth-order valence-corrected chi connectivity index (χ4v) is 4.94. The predicted molar refractivity (Wildman–Crippen MR) is 126 cm³/mol. The molecular weight excluding hydrogens is 460 g/mol. The van der Waals surface area contributed by atoms with Crippen LogP contribution in [0, 0.1) is 0 Å². The molecule has 0 unspecified atom stereocenters. The van der Waals surface area contributed by atoms with Gasteiger partial charge < -0.3 is 13.9 Å². The van der Waals surface area contributed by atoms with Gasteiger partial charge in [0.05, 0.1) is 35.4 Å². The maximum atomic E-state index is 13.8. The third kappa shape index (κ3) is 4.03. The number of hydrogen-bond donors (Lipinski definition) is 0. The van der Waals surface area contributed by atoms with Crippen molar-refractivity contribution in [3.8, 4) is 11.5 Å². The van der Waals surface area contributed by atoms with Gasteiger partial charge in [-0.15, -0.1) is 0 Å². The lowest BCUT2D eigenvalue weighted by molar-refractivity contribution is 0.100. The lowest BCUT2D eigenvalue weighted by Gasteiger charge is -2.23. The normalized spacial score (nSPS) is 11.4. The van der Waals surface area contributed by atoms with E-state index >= 15 is 0 Å². The Morgan fingerprint density at radius 1 is 1.06 bits per heavy atom. The highest BCUT2D eigenvalue weighted by Crippen LogP contribution is 2.31. The van der Waals surface area contributed by atoms with Gasteiger partial charge in [-0.2, -0.15) is 4.31 Å². The summed E-state index contributed by atoms with van der Waals surface area (Å²) in [5.74, 6) is -0.682. The van der Waals surface area contributed by atoms with E-state index in [-0.39, 0.29) is 27.5 Å². The topological polar surface area (TPSA) is 108 Å². The number of anilines is 1. The number of ether oxygens (including phenoxy) is 2. The largest absolute Gasteiger partial charge is 0.496 e. The summed E-state index contributed by atoms with van der Waals surface area (Å²) < 4.78 is 45.4. The van der Waals surface area contributed by atoms with E-state index in [9.17, 15) is 18.0 Å². The van der Waals surface area contributed by atoms with E-state index in [2.05, 4.69) is 0 Å². The van der Waals surface area contributed by atoms with Crippen molar-refractivity contribution < 1.29 is 27.1 Å². The predicted octanol–water partition coefficient (Wildman–Crippen LogP) is 3.57. The number of amides is 1. The highest BCUT2D eigenvalue weighted by Gasteiger charge is 2.34. The number of aryl methyl sites for hydroxylation is 1. The monoisotopic (exact) mass is 482 g/mol. The van der Waals surface area contributed by atoms with E-state index in [0.717, 1.165) is 0 Å². The quantitative estimate of drug-likeness (QED) is 0.396. The Labute approximate surface area is 195 Å². The second kappa shape index (κ2) is 9.06. The fraction of sp³-hybridized carbons (Fsp3) is 0.167. The zero-order chi connectivity index (χ0) is 24.5. The molecule has 1 aromatic heterocycles. The highest BCUT2D eigenvalue weighted by molar-refractivity contribution is 7.93. The van der Waals surface area contributed by atoms with Crippen LogP contribution in [0.1, 0.15) is 17.3 Å². The number of para-hydroxylation sites is 1. The maximum absolute atomic E-state index is 13.8. The lowest BCUT2D eigenvalue weighted by Crippen LogP contribution is -2.37. The van der Waals surface area contributed by atoms with Gasteiger partial charge in [-0.05, 0) is 55.5 Å². The molecule has 4 aromatic rings. The van der Waals surface area contributed by atoms with Crippen LogP contribution in [0.15, 0.2) is 80.8 Å². The molecule has 0 fully saturated rings. The second-order valence-corrected chi connectivity index (χ2v) is 9.04. The van der Waals surface area contributed by atoms with E-state index < -0.39 is 21.7 Å². The highest BCUT2D eigenvalue weighted by atomic mass is 32.2. The molecule has 0 spiro atoms. The van der Waals surface area contributed by atoms with Crippen LogP contribution in [-0.4, -0.2) is 32.6 Å². The molecule has 0 aliphatic carbocycles. The van der Waals surface area contributed by atoms with Crippen LogP contribution in [0.4, 0.5) is 5.69 Å². The summed E-state index contributed by atoms with van der Waals surface area (Å²) in [7, 11) is -1.52. The zero-order valence-corrected chi connectivity index (χ0v) is 19.5. The number of carbonyl (C=O) groups excluding carboxylic acids is 1. The van der Waals surface area contributed by atoms with Crippen molar-refractivity contribution in [3.63, 3.8) is 0 Å². The average molecular weight is 483 g/mol. The second-order valence-electron chi connectivity index (χ2n) is 7.26. The molecular formula is C24H22N2O7S. The van der Waals surface area contributed by atoms with E-state index in [1.54, 1.807) is 30.3 Å². The van der Waals surface area contributed by atoms with Gasteiger partial charge in [0.15, 0.2) is 5.58 Å². The van der Waals surface area contributed by atoms with E-state index in [1.807, 2.05) is 6.92 Å². The summed E-state index contributed by atoms with van der Waals surface area (Å²) in [5.41, 5.74) is 0.682. The van der Waals surface area contributed by atoms with Crippen molar-refractivity contribution in [2.45, 2.75) is 11.8 Å². The van der Waals surface area contributed by atoms with Crippen molar-refractivity contribution in [2.75, 3.05) is 18.0 Å². The molecule has 0 bridgehead atoms. The molecule has 10 heteroatoms. The van der Waals surface area contributed by atoms with Gasteiger partial charge in [-0.1, -0.05) is 12.1 Å². The number of hydrogen-bond acceptors (Lipinski definition) is 7. The molecule has 0 saturated heterocycles. The molecule has 1 heterocycles. The number of fused-ring (bicyclic) bond motifs is 1. The van der Waals surface area contributed by atoms with Gasteiger partial charge in [-0.3, -0.25) is 9.36 Å². The van der Waals surface area contributed by atoms with Gasteiger partial charge in [-0.25, -0.2) is 13.2 Å². The van der Waals surface area contributed by atoms with E-state index in [4.69, 9.17) is 13.9 Å². The Morgan fingerprint density at radius 2 is 1.76 bits per heavy atom. The van der Waals surface area contributed by atoms with Crippen LogP contribution in [0.3, 0.4) is 0 Å². The van der Waals surface area contributed by atoms with Crippen molar-refractivity contribution >= 4 is 32.7 Å². The average Bonchev–Trinajstić information content (AvgIpc) is 3.13. The number of benzene rings is 3. The van der Waals surface area contributed by atoms with Gasteiger partial charge in [0.2, 0.25) is 0 Å². The molecule has 0 aliphatic rings. The minimum absolute atomic E-state index is 0.0646. The first kappa shape index (κ1) is 23.1. The molecule has 1 amide bonds. The van der Waals surface area contributed by atoms with Crippen LogP contribution < -0.4 is 19.5 Å². The molecule has 0 saturated carbocycles. The third-order valence-corrected chi connectivity index (χ3v) is 6.91. The molecule has 0 N–H and O–H groups in total. The molecule has 0 aliphatic heterocycles. The Morgan fingerprint density at radius 3 is 2.44 bits per heavy atom. The van der Waals surface area contributed by atoms with Crippen LogP contribution >= 0.6 is 0 Å². The van der Waals surface area contributed by atoms with Crippen LogP contribution in [0.5, 0.6) is 11.5 Å². The summed E-state index contributed by atoms with van der Waals surface area (Å²) >= 11 is 0. The number of oxazole rings is 1. The van der Waals surface area contributed by atoms with Crippen LogP contribution in [0.2, 0.25) is 0 Å². The lowest BCUT2D eigenvalue weighted by atomic mass is 10.2. The van der Waals surface area contributed by atoms with Gasteiger partial charge in [0, 0.05) is 13.1 Å². The fourth-order valence-electron chi connectivity index (χ4n) is 3.52. The molecule has 0 radical (unpaired) electrons. The molecule has 176 valence electrons. The van der Waals surface area contributed by atoms with Crippen molar-refractivity contribution in [3.05, 3.63) is 82.8 Å². The number of aromatic nitrogens is 1. The summed E-state index contributed by atoms with van der Waals surface area (Å²) in [6, 6.07) is 16.5. The number of methoxy groups -OCH3 is 1. The zero-order valence-electron chi connectivity index (χ0n) is 18.7. The molecule has 0 atom stereocenters. The molecule has 34 heavy (non-hydrogen) atoms. The van der Waals surface area contributed by atoms with Crippen LogP contribution in [0.25, 0.3) is 11.1 Å². The van der Waals surface area contributed by atoms with Crippen molar-refractivity contribution in [1.29, 1.82) is 0 Å². The van der Waals surface area contributed by atoms with E-state index in [0.29, 0.717) is 22.2 Å². The first-order valence-electron chi connectivity index (χ1n) is 10.3. The van der Waals surface area contributed by atoms with Gasteiger partial charge in [0.1, 0.15) is 11.5 Å². The van der Waals surface area contributed by atoms with Crippen LogP contribution in [-0.2, 0) is 17.1 Å². The number of nitrogens with zero attached hydrogens (tertiary/aromatic N) is 2. The first-order chi connectivity index (χ1) is 16.3. The standard InChI is InChI=1S/C24H22N2O7S/c1-4-32-17-11-9-16(10-12-17)26(23(27)19-7-5-6-8-21(19)31-3)34(29,30)18-13-14-20-22(15-18)33-24(28)25(20)2/h5-15H,4H2,1-3H3. The minimum atomic E-state index is -4.43. The maximum Gasteiger partial charge on any atom is 0.419 e. The van der Waals surface area contributed by atoms with Gasteiger partial charge >= 0.3 is 5.76 Å². The van der Waals surface area contributed by atoms with Crippen molar-refractivity contribution in [1.82, 2.24) is 4.57 Å². The third-order valence-electron chi connectivity index (χ3n) is 5.21. The number of carbonyl (C=O) groups is 1. The molecule has 4 rings (SSSR count). The SMILES string of the molecule is CCOc1ccc(N(C(=O)c2ccccc2OC)S(=O)(=O)c2ccc3c(c2)oc(=O)n3C)cc1. The smallest absolute Gasteiger partial charge is 0.419 e. The summed E-state index contributed by atoms with van der Waals surface area (Å²) in [5, 5.41) is 0. The minimum Gasteiger partial charge on any atom is -0.496 e. The number of rotatable bonds is 7. The van der Waals surface area contributed by atoms with Crippen molar-refractivity contribution in [2.24, 2.45) is 7.05 Å². The van der Waals surface area contributed by atoms with E-state index in [1.165, 1.54) is 55.1 Å². The molecule has 9 nitrogen and oxygen atoms in total.